The number of anilines is 2. The topological polar surface area (TPSA) is 118 Å². The van der Waals surface area contributed by atoms with E-state index >= 15 is 0 Å². The highest BCUT2D eigenvalue weighted by Crippen LogP contribution is 2.20. The molecule has 11 heteroatoms. The zero-order chi connectivity index (χ0) is 22.7. The van der Waals surface area contributed by atoms with Crippen molar-refractivity contribution in [2.45, 2.75) is 13.0 Å². The van der Waals surface area contributed by atoms with E-state index in [2.05, 4.69) is 14.6 Å². The van der Waals surface area contributed by atoms with Gasteiger partial charge in [0.15, 0.2) is 6.10 Å². The number of carbonyl (C=O) groups is 2. The molecular weight excluding hydrogens is 436 g/mol. The Morgan fingerprint density at radius 2 is 1.84 bits per heavy atom. The number of amides is 1. The van der Waals surface area contributed by atoms with Crippen LogP contribution in [0.15, 0.2) is 52.6 Å². The Labute approximate surface area is 186 Å². The first-order chi connectivity index (χ1) is 15.3. The molecule has 1 atom stereocenters. The Bertz CT molecular complexity index is 1090. The third-order valence-electron chi connectivity index (χ3n) is 5.22. The van der Waals surface area contributed by atoms with E-state index in [0.29, 0.717) is 18.9 Å². The smallest absolute Gasteiger partial charge is 0.340 e. The van der Waals surface area contributed by atoms with Crippen LogP contribution in [0.1, 0.15) is 6.92 Å². The number of fused-ring (bicyclic) bond motifs is 1. The summed E-state index contributed by atoms with van der Waals surface area (Å²) in [7, 11) is -3.47. The van der Waals surface area contributed by atoms with Gasteiger partial charge in [-0.3, -0.25) is 4.79 Å². The number of amidine groups is 1. The molecule has 0 bridgehead atoms. The first-order valence-corrected chi connectivity index (χ1v) is 11.9. The molecule has 1 unspecified atom stereocenters. The summed E-state index contributed by atoms with van der Waals surface area (Å²) in [4.78, 5) is 28.7. The second-order valence-corrected chi connectivity index (χ2v) is 9.28. The summed E-state index contributed by atoms with van der Waals surface area (Å²) in [5, 5.41) is 2.74. The molecule has 0 aliphatic carbocycles. The minimum Gasteiger partial charge on any atom is -0.449 e. The van der Waals surface area contributed by atoms with Gasteiger partial charge in [-0.2, -0.15) is 0 Å². The highest BCUT2D eigenvalue weighted by atomic mass is 32.2. The van der Waals surface area contributed by atoms with Gasteiger partial charge in [0, 0.05) is 37.2 Å². The van der Waals surface area contributed by atoms with Gasteiger partial charge in [0.2, 0.25) is 0 Å². The highest BCUT2D eigenvalue weighted by molar-refractivity contribution is 7.90. The van der Waals surface area contributed by atoms with Crippen molar-refractivity contribution >= 4 is 39.1 Å². The maximum Gasteiger partial charge on any atom is 0.340 e. The van der Waals surface area contributed by atoms with Crippen molar-refractivity contribution in [1.82, 2.24) is 4.90 Å². The van der Waals surface area contributed by atoms with Crippen LogP contribution in [0.25, 0.3) is 0 Å². The van der Waals surface area contributed by atoms with E-state index in [-0.39, 0.29) is 23.7 Å². The molecule has 3 aliphatic heterocycles. The number of benzene rings is 1. The lowest BCUT2D eigenvalue weighted by molar-refractivity contribution is -0.149. The Morgan fingerprint density at radius 1 is 1.12 bits per heavy atom. The monoisotopic (exact) mass is 460 g/mol. The minimum absolute atomic E-state index is 0.133. The van der Waals surface area contributed by atoms with Gasteiger partial charge in [0.05, 0.1) is 24.5 Å². The molecule has 1 aromatic carbocycles. The van der Waals surface area contributed by atoms with E-state index in [1.54, 1.807) is 17.0 Å². The number of hydrogen-bond donors (Lipinski definition) is 1. The van der Waals surface area contributed by atoms with Crippen LogP contribution in [-0.4, -0.2) is 75.7 Å². The van der Waals surface area contributed by atoms with Gasteiger partial charge in [-0.1, -0.05) is 0 Å². The molecule has 1 fully saturated rings. The Morgan fingerprint density at radius 3 is 2.56 bits per heavy atom. The van der Waals surface area contributed by atoms with Crippen molar-refractivity contribution in [1.29, 1.82) is 0 Å². The molecule has 3 heterocycles. The highest BCUT2D eigenvalue weighted by Gasteiger charge is 2.27. The fourth-order valence-corrected chi connectivity index (χ4v) is 4.39. The number of esters is 1. The zero-order valence-electron chi connectivity index (χ0n) is 17.6. The van der Waals surface area contributed by atoms with Crippen molar-refractivity contribution in [3.05, 3.63) is 48.2 Å². The summed E-state index contributed by atoms with van der Waals surface area (Å²) < 4.78 is 37.5. The number of ether oxygens (including phenoxy) is 2. The molecule has 1 saturated heterocycles. The summed E-state index contributed by atoms with van der Waals surface area (Å²) in [6.07, 6.45) is 3.32. The van der Waals surface area contributed by atoms with Gasteiger partial charge in [-0.05, 0) is 43.3 Å². The Kier molecular flexibility index (Phi) is 6.28. The molecule has 4 rings (SSSR count). The summed E-state index contributed by atoms with van der Waals surface area (Å²) in [5.41, 5.74) is 1.86. The van der Waals surface area contributed by atoms with E-state index in [4.69, 9.17) is 9.47 Å². The van der Waals surface area contributed by atoms with Crippen molar-refractivity contribution in [3.63, 3.8) is 0 Å². The summed E-state index contributed by atoms with van der Waals surface area (Å²) in [6, 6.07) is 7.45. The van der Waals surface area contributed by atoms with E-state index in [1.807, 2.05) is 12.1 Å². The molecule has 0 spiro atoms. The second kappa shape index (κ2) is 9.13. The zero-order valence-corrected chi connectivity index (χ0v) is 18.4. The molecule has 1 aromatic rings. The first-order valence-electron chi connectivity index (χ1n) is 10.2. The van der Waals surface area contributed by atoms with Crippen LogP contribution in [0.3, 0.4) is 0 Å². The number of sulfonamides is 1. The molecule has 0 radical (unpaired) electrons. The van der Waals surface area contributed by atoms with Gasteiger partial charge in [0.1, 0.15) is 5.84 Å². The first kappa shape index (κ1) is 22.0. The van der Waals surface area contributed by atoms with Crippen molar-refractivity contribution in [2.24, 2.45) is 4.40 Å². The summed E-state index contributed by atoms with van der Waals surface area (Å²) in [6.45, 7) is 4.71. The molecule has 170 valence electrons. The number of morpholine rings is 1. The van der Waals surface area contributed by atoms with Crippen LogP contribution in [0.5, 0.6) is 0 Å². The molecule has 1 amide bonds. The number of rotatable bonds is 5. The maximum absolute atomic E-state index is 12.5. The van der Waals surface area contributed by atoms with Gasteiger partial charge >= 0.3 is 5.97 Å². The quantitative estimate of drug-likeness (QED) is 0.644. The van der Waals surface area contributed by atoms with Gasteiger partial charge < -0.3 is 24.6 Å². The van der Waals surface area contributed by atoms with E-state index in [1.165, 1.54) is 25.3 Å². The lowest BCUT2D eigenvalue weighted by Gasteiger charge is -2.29. The number of carbonyl (C=O) groups excluding carboxylic acids is 2. The SMILES string of the molecule is CC(OC(=O)C1=CN2CCS(=O)(=O)N=C2C=C1)C(=O)Nc1ccc(N2CCOCC2)cc1. The molecule has 1 N–H and O–H groups in total. The lowest BCUT2D eigenvalue weighted by atomic mass is 10.2. The molecular formula is C21H24N4O6S. The van der Waals surface area contributed by atoms with Crippen molar-refractivity contribution < 1.29 is 27.5 Å². The molecule has 0 saturated carbocycles. The third kappa shape index (κ3) is 5.17. The van der Waals surface area contributed by atoms with E-state index in [9.17, 15) is 18.0 Å². The average Bonchev–Trinajstić information content (AvgIpc) is 2.79. The van der Waals surface area contributed by atoms with Gasteiger partial charge in [-0.15, -0.1) is 4.40 Å². The van der Waals surface area contributed by atoms with Crippen LogP contribution in [0.4, 0.5) is 11.4 Å². The Hall–Kier alpha value is -3.18. The fourth-order valence-electron chi connectivity index (χ4n) is 3.42. The number of nitrogens with one attached hydrogen (secondary N) is 1. The predicted octanol–water partition coefficient (Wildman–Crippen LogP) is 0.891. The van der Waals surface area contributed by atoms with Crippen LogP contribution >= 0.6 is 0 Å². The Balaban J connectivity index is 1.32. The molecule has 10 nitrogen and oxygen atoms in total. The summed E-state index contributed by atoms with van der Waals surface area (Å²) >= 11 is 0. The lowest BCUT2D eigenvalue weighted by Crippen LogP contribution is -2.37. The second-order valence-electron chi connectivity index (χ2n) is 7.53. The largest absolute Gasteiger partial charge is 0.449 e. The van der Waals surface area contributed by atoms with Crippen molar-refractivity contribution in [3.8, 4) is 0 Å². The van der Waals surface area contributed by atoms with E-state index < -0.39 is 28.0 Å². The predicted molar refractivity (Wildman–Crippen MR) is 119 cm³/mol. The maximum atomic E-state index is 12.5. The van der Waals surface area contributed by atoms with Crippen LogP contribution in [-0.2, 0) is 29.1 Å². The third-order valence-corrected chi connectivity index (χ3v) is 6.39. The van der Waals surface area contributed by atoms with Gasteiger partial charge in [-0.25, -0.2) is 13.2 Å². The standard InChI is InChI=1S/C21H24N4O6S/c1-15(20(26)22-17-3-5-18(6-4-17)24-8-11-30-12-9-24)31-21(27)16-2-7-19-23-32(28,29)13-10-25(19)14-16/h2-7,14-15H,8-13H2,1H3,(H,22,26). The molecule has 3 aliphatic rings. The normalized spacial score (nSPS) is 20.5. The fraction of sp³-hybridized carbons (Fsp3) is 0.381. The molecule has 32 heavy (non-hydrogen) atoms. The van der Waals surface area contributed by atoms with Crippen LogP contribution < -0.4 is 10.2 Å². The van der Waals surface area contributed by atoms with Crippen LogP contribution in [0.2, 0.25) is 0 Å². The summed E-state index contributed by atoms with van der Waals surface area (Å²) in [5.74, 6) is -1.02. The van der Waals surface area contributed by atoms with Crippen LogP contribution in [0, 0.1) is 0 Å². The average molecular weight is 461 g/mol. The van der Waals surface area contributed by atoms with Crippen molar-refractivity contribution in [2.75, 3.05) is 48.8 Å². The van der Waals surface area contributed by atoms with E-state index in [0.717, 1.165) is 18.8 Å². The molecule has 0 aromatic heterocycles. The van der Waals surface area contributed by atoms with Gasteiger partial charge in [0.25, 0.3) is 15.9 Å². The number of hydrogen-bond acceptors (Lipinski definition) is 8. The number of nitrogens with zero attached hydrogens (tertiary/aromatic N) is 3. The minimum atomic E-state index is -3.47.